The summed E-state index contributed by atoms with van der Waals surface area (Å²) >= 11 is 0. The van der Waals surface area contributed by atoms with Crippen LogP contribution in [-0.4, -0.2) is 26.5 Å². The normalized spacial score (nSPS) is 15.2. The third-order valence-electron chi connectivity index (χ3n) is 5.45. The summed E-state index contributed by atoms with van der Waals surface area (Å²) in [4.78, 5) is 4.36. The lowest BCUT2D eigenvalue weighted by molar-refractivity contribution is 0.460. The Morgan fingerprint density at radius 1 is 0.966 bits per heavy atom. The molecule has 0 bridgehead atoms. The van der Waals surface area contributed by atoms with E-state index >= 15 is 0 Å². The number of hydrogen-bond acceptors (Lipinski definition) is 4. The Labute approximate surface area is 172 Å². The van der Waals surface area contributed by atoms with Crippen molar-refractivity contribution in [2.75, 3.05) is 17.8 Å². The average Bonchev–Trinajstić information content (AvgIpc) is 2.76. The van der Waals surface area contributed by atoms with E-state index in [0.717, 1.165) is 37.1 Å². The zero-order chi connectivity index (χ0) is 20.3. The van der Waals surface area contributed by atoms with Gasteiger partial charge in [-0.05, 0) is 79.7 Å². The highest BCUT2D eigenvalue weighted by atomic mass is 32.2. The fourth-order valence-electron chi connectivity index (χ4n) is 3.75. The number of rotatable bonds is 5. The number of sulfonamides is 1. The van der Waals surface area contributed by atoms with Crippen LogP contribution in [0.4, 0.5) is 5.69 Å². The molecule has 0 radical (unpaired) electrons. The van der Waals surface area contributed by atoms with Gasteiger partial charge >= 0.3 is 0 Å². The van der Waals surface area contributed by atoms with Crippen molar-refractivity contribution < 1.29 is 8.42 Å². The largest absolute Gasteiger partial charge is 0.317 e. The Balaban J connectivity index is 1.55. The molecule has 0 atom stereocenters. The fourth-order valence-corrected chi connectivity index (χ4v) is 4.87. The zero-order valence-corrected chi connectivity index (χ0v) is 17.2. The molecule has 1 aromatic heterocycles. The smallest absolute Gasteiger partial charge is 0.261 e. The topological polar surface area (TPSA) is 71.1 Å². The molecule has 0 unspecified atom stereocenters. The highest BCUT2D eigenvalue weighted by Crippen LogP contribution is 2.30. The summed E-state index contributed by atoms with van der Waals surface area (Å²) < 4.78 is 28.1. The summed E-state index contributed by atoms with van der Waals surface area (Å²) in [7, 11) is -3.66. The van der Waals surface area contributed by atoms with Crippen LogP contribution in [0, 0.1) is 6.92 Å². The van der Waals surface area contributed by atoms with Crippen LogP contribution in [0.5, 0.6) is 0 Å². The van der Waals surface area contributed by atoms with Gasteiger partial charge in [-0.1, -0.05) is 36.4 Å². The van der Waals surface area contributed by atoms with Crippen LogP contribution in [0.15, 0.2) is 71.8 Å². The van der Waals surface area contributed by atoms with Gasteiger partial charge in [0.2, 0.25) is 0 Å². The Kier molecular flexibility index (Phi) is 5.65. The van der Waals surface area contributed by atoms with E-state index in [1.54, 1.807) is 37.4 Å². The van der Waals surface area contributed by atoms with E-state index < -0.39 is 10.0 Å². The maximum Gasteiger partial charge on any atom is 0.261 e. The predicted octanol–water partition coefficient (Wildman–Crippen LogP) is 4.32. The summed E-state index contributed by atoms with van der Waals surface area (Å²) in [6, 6.07) is 19.0. The van der Waals surface area contributed by atoms with E-state index in [2.05, 4.69) is 39.3 Å². The Morgan fingerprint density at radius 3 is 2.45 bits per heavy atom. The van der Waals surface area contributed by atoms with Gasteiger partial charge in [0.15, 0.2) is 0 Å². The molecule has 1 saturated heterocycles. The van der Waals surface area contributed by atoms with Crippen molar-refractivity contribution in [2.24, 2.45) is 0 Å². The molecule has 29 heavy (non-hydrogen) atoms. The van der Waals surface area contributed by atoms with Crippen molar-refractivity contribution in [1.82, 2.24) is 10.3 Å². The van der Waals surface area contributed by atoms with Crippen LogP contribution in [0.3, 0.4) is 0 Å². The monoisotopic (exact) mass is 407 g/mol. The van der Waals surface area contributed by atoms with Gasteiger partial charge in [-0.3, -0.25) is 9.71 Å². The fraction of sp³-hybridized carbons (Fsp3) is 0.261. The molecule has 3 aromatic rings. The molecule has 0 saturated carbocycles. The van der Waals surface area contributed by atoms with Gasteiger partial charge in [0.05, 0.1) is 16.3 Å². The Hall–Kier alpha value is -2.70. The van der Waals surface area contributed by atoms with E-state index in [1.165, 1.54) is 5.56 Å². The van der Waals surface area contributed by atoms with Crippen LogP contribution >= 0.6 is 0 Å². The number of piperidine rings is 1. The molecule has 1 aliphatic rings. The lowest BCUT2D eigenvalue weighted by atomic mass is 9.88. The van der Waals surface area contributed by atoms with Gasteiger partial charge < -0.3 is 5.32 Å². The predicted molar refractivity (Wildman–Crippen MR) is 117 cm³/mol. The number of aromatic nitrogens is 1. The maximum absolute atomic E-state index is 12.7. The van der Waals surface area contributed by atoms with Gasteiger partial charge in [-0.15, -0.1) is 0 Å². The highest BCUT2D eigenvalue weighted by molar-refractivity contribution is 7.92. The second-order valence-corrected chi connectivity index (χ2v) is 9.10. The van der Waals surface area contributed by atoms with Crippen LogP contribution in [-0.2, 0) is 10.0 Å². The van der Waals surface area contributed by atoms with Gasteiger partial charge in [0, 0.05) is 6.20 Å². The standard InChI is InChI=1S/C23H25N3O2S/c1-17-23(6-3-13-25-17)26-29(27,28)22-9-7-18(8-10-22)20-4-2-5-21(16-20)19-11-14-24-15-12-19/h2-10,13,16,19,24,26H,11-12,14-15H2,1H3. The van der Waals surface area contributed by atoms with Crippen molar-refractivity contribution in [3.63, 3.8) is 0 Å². The van der Waals surface area contributed by atoms with Gasteiger partial charge in [-0.25, -0.2) is 8.42 Å². The first kappa shape index (κ1) is 19.6. The molecular formula is C23H25N3O2S. The summed E-state index contributed by atoms with van der Waals surface area (Å²) in [6.07, 6.45) is 3.94. The van der Waals surface area contributed by atoms with E-state index in [-0.39, 0.29) is 4.90 Å². The second-order valence-electron chi connectivity index (χ2n) is 7.42. The van der Waals surface area contributed by atoms with Crippen LogP contribution in [0.25, 0.3) is 11.1 Å². The first-order valence-corrected chi connectivity index (χ1v) is 11.4. The molecule has 0 amide bonds. The quantitative estimate of drug-likeness (QED) is 0.661. The number of aryl methyl sites for hydroxylation is 1. The molecule has 2 aromatic carbocycles. The van der Waals surface area contributed by atoms with Crippen LogP contribution < -0.4 is 10.0 Å². The molecule has 1 aliphatic heterocycles. The molecule has 0 aliphatic carbocycles. The lowest BCUT2D eigenvalue weighted by Gasteiger charge is -2.23. The molecule has 2 heterocycles. The lowest BCUT2D eigenvalue weighted by Crippen LogP contribution is -2.26. The minimum Gasteiger partial charge on any atom is -0.317 e. The van der Waals surface area contributed by atoms with E-state index in [1.807, 2.05) is 12.1 Å². The first-order valence-electron chi connectivity index (χ1n) is 9.88. The van der Waals surface area contributed by atoms with Crippen LogP contribution in [0.2, 0.25) is 0 Å². The second kappa shape index (κ2) is 8.35. The number of pyridine rings is 1. The molecular weight excluding hydrogens is 382 g/mol. The van der Waals surface area contributed by atoms with E-state index in [4.69, 9.17) is 0 Å². The maximum atomic E-state index is 12.7. The molecule has 0 spiro atoms. The first-order chi connectivity index (χ1) is 14.0. The molecule has 5 nitrogen and oxygen atoms in total. The summed E-state index contributed by atoms with van der Waals surface area (Å²) in [5, 5.41) is 3.41. The summed E-state index contributed by atoms with van der Waals surface area (Å²) in [5.41, 5.74) is 4.61. The summed E-state index contributed by atoms with van der Waals surface area (Å²) in [6.45, 7) is 3.89. The van der Waals surface area contributed by atoms with Crippen molar-refractivity contribution >= 4 is 15.7 Å². The molecule has 150 valence electrons. The van der Waals surface area contributed by atoms with Crippen molar-refractivity contribution in [2.45, 2.75) is 30.6 Å². The van der Waals surface area contributed by atoms with Crippen molar-refractivity contribution in [3.8, 4) is 11.1 Å². The number of anilines is 1. The van der Waals surface area contributed by atoms with Crippen molar-refractivity contribution in [3.05, 3.63) is 78.1 Å². The number of hydrogen-bond donors (Lipinski definition) is 2. The molecule has 6 heteroatoms. The third kappa shape index (κ3) is 4.49. The SMILES string of the molecule is Cc1ncccc1NS(=O)(=O)c1ccc(-c2cccc(C3CCNCC3)c2)cc1. The Bertz CT molecular complexity index is 1090. The van der Waals surface area contributed by atoms with Gasteiger partial charge in [0.25, 0.3) is 10.0 Å². The minimum atomic E-state index is -3.66. The van der Waals surface area contributed by atoms with Gasteiger partial charge in [0.1, 0.15) is 0 Å². The number of benzene rings is 2. The van der Waals surface area contributed by atoms with Crippen molar-refractivity contribution in [1.29, 1.82) is 0 Å². The van der Waals surface area contributed by atoms with Crippen LogP contribution in [0.1, 0.15) is 30.0 Å². The number of nitrogens with zero attached hydrogens (tertiary/aromatic N) is 1. The molecule has 1 fully saturated rings. The average molecular weight is 408 g/mol. The summed E-state index contributed by atoms with van der Waals surface area (Å²) in [5.74, 6) is 0.586. The molecule has 2 N–H and O–H groups in total. The highest BCUT2D eigenvalue weighted by Gasteiger charge is 2.17. The zero-order valence-electron chi connectivity index (χ0n) is 16.4. The Morgan fingerprint density at radius 2 is 1.72 bits per heavy atom. The minimum absolute atomic E-state index is 0.235. The third-order valence-corrected chi connectivity index (χ3v) is 6.83. The van der Waals surface area contributed by atoms with E-state index in [9.17, 15) is 8.42 Å². The van der Waals surface area contributed by atoms with E-state index in [0.29, 0.717) is 17.3 Å². The van der Waals surface area contributed by atoms with Gasteiger partial charge in [-0.2, -0.15) is 0 Å². The molecule has 4 rings (SSSR count). The number of nitrogens with one attached hydrogen (secondary N) is 2.